The lowest BCUT2D eigenvalue weighted by molar-refractivity contribution is 0.229. The zero-order valence-electron chi connectivity index (χ0n) is 12.8. The van der Waals surface area contributed by atoms with Gasteiger partial charge >= 0.3 is 0 Å². The number of methoxy groups -OCH3 is 1. The number of piperazine rings is 1. The summed E-state index contributed by atoms with van der Waals surface area (Å²) in [5, 5.41) is 3.38. The molecule has 1 aliphatic rings. The Morgan fingerprint density at radius 1 is 1.20 bits per heavy atom. The molecule has 2 rings (SSSR count). The molecule has 0 saturated carbocycles. The van der Waals surface area contributed by atoms with Crippen LogP contribution in [0.4, 0.5) is 0 Å². The van der Waals surface area contributed by atoms with E-state index in [1.165, 1.54) is 5.56 Å². The Hall–Kier alpha value is -1.26. The fourth-order valence-electron chi connectivity index (χ4n) is 2.44. The van der Waals surface area contributed by atoms with Crippen molar-refractivity contribution in [1.29, 1.82) is 0 Å². The third kappa shape index (κ3) is 4.39. The van der Waals surface area contributed by atoms with Gasteiger partial charge in [-0.05, 0) is 38.0 Å². The first kappa shape index (κ1) is 15.1. The molecule has 1 N–H and O–H groups in total. The van der Waals surface area contributed by atoms with Crippen LogP contribution in [0.2, 0.25) is 0 Å². The van der Waals surface area contributed by atoms with Crippen LogP contribution in [0.5, 0.6) is 11.5 Å². The predicted octanol–water partition coefficient (Wildman–Crippen LogP) is 1.93. The molecule has 0 atom stereocenters. The summed E-state index contributed by atoms with van der Waals surface area (Å²) in [5.74, 6) is 1.66. The van der Waals surface area contributed by atoms with Gasteiger partial charge in [0.1, 0.15) is 0 Å². The zero-order chi connectivity index (χ0) is 14.4. The van der Waals surface area contributed by atoms with Crippen molar-refractivity contribution in [3.63, 3.8) is 0 Å². The third-order valence-corrected chi connectivity index (χ3v) is 3.52. The van der Waals surface area contributed by atoms with E-state index in [0.717, 1.165) is 50.6 Å². The molecule has 1 aromatic carbocycles. The number of hydrogen-bond donors (Lipinski definition) is 1. The molecule has 1 heterocycles. The van der Waals surface area contributed by atoms with Gasteiger partial charge in [0.2, 0.25) is 0 Å². The number of ether oxygens (including phenoxy) is 2. The molecule has 0 aromatic heterocycles. The lowest BCUT2D eigenvalue weighted by Crippen LogP contribution is -2.44. The summed E-state index contributed by atoms with van der Waals surface area (Å²) < 4.78 is 11.2. The summed E-state index contributed by atoms with van der Waals surface area (Å²) in [7, 11) is 1.70. The van der Waals surface area contributed by atoms with Gasteiger partial charge in [0, 0.05) is 32.7 Å². The molecule has 1 saturated heterocycles. The Morgan fingerprint density at radius 3 is 2.60 bits per heavy atom. The van der Waals surface area contributed by atoms with Gasteiger partial charge in [-0.1, -0.05) is 6.07 Å². The minimum Gasteiger partial charge on any atom is -0.493 e. The monoisotopic (exact) mass is 278 g/mol. The average molecular weight is 278 g/mol. The first-order valence-corrected chi connectivity index (χ1v) is 7.45. The van der Waals surface area contributed by atoms with Gasteiger partial charge in [0.15, 0.2) is 11.5 Å². The van der Waals surface area contributed by atoms with Gasteiger partial charge in [-0.2, -0.15) is 0 Å². The Labute approximate surface area is 122 Å². The lowest BCUT2D eigenvalue weighted by Gasteiger charge is -2.27. The van der Waals surface area contributed by atoms with Gasteiger partial charge in [-0.15, -0.1) is 0 Å². The van der Waals surface area contributed by atoms with Gasteiger partial charge < -0.3 is 19.7 Å². The van der Waals surface area contributed by atoms with Crippen molar-refractivity contribution in [2.45, 2.75) is 26.4 Å². The maximum absolute atomic E-state index is 5.74. The quantitative estimate of drug-likeness (QED) is 0.862. The summed E-state index contributed by atoms with van der Waals surface area (Å²) in [6, 6.07) is 6.26. The van der Waals surface area contributed by atoms with Crippen LogP contribution in [0.25, 0.3) is 0 Å². The number of rotatable bonds is 6. The van der Waals surface area contributed by atoms with E-state index in [2.05, 4.69) is 22.3 Å². The van der Waals surface area contributed by atoms with E-state index >= 15 is 0 Å². The highest BCUT2D eigenvalue weighted by Crippen LogP contribution is 2.29. The molecular weight excluding hydrogens is 252 g/mol. The lowest BCUT2D eigenvalue weighted by atomic mass is 10.1. The van der Waals surface area contributed by atoms with Gasteiger partial charge in [0.05, 0.1) is 13.2 Å². The first-order chi connectivity index (χ1) is 9.69. The van der Waals surface area contributed by atoms with Crippen LogP contribution in [0.3, 0.4) is 0 Å². The standard InChI is InChI=1S/C16H26N2O2/c1-13(2)20-15-5-4-14(12-16(15)19-3)6-9-18-10-7-17-8-11-18/h4-5,12-13,17H,6-11H2,1-3H3. The molecule has 0 bridgehead atoms. The second-order valence-electron chi connectivity index (χ2n) is 5.49. The normalized spacial score (nSPS) is 16.4. The van der Waals surface area contributed by atoms with Crippen molar-refractivity contribution in [3.8, 4) is 11.5 Å². The molecular formula is C16H26N2O2. The molecule has 4 nitrogen and oxygen atoms in total. The number of nitrogens with zero attached hydrogens (tertiary/aromatic N) is 1. The Balaban J connectivity index is 1.94. The van der Waals surface area contributed by atoms with Crippen molar-refractivity contribution in [2.75, 3.05) is 39.8 Å². The van der Waals surface area contributed by atoms with E-state index in [4.69, 9.17) is 9.47 Å². The summed E-state index contributed by atoms with van der Waals surface area (Å²) >= 11 is 0. The summed E-state index contributed by atoms with van der Waals surface area (Å²) in [6.07, 6.45) is 1.22. The SMILES string of the molecule is COc1cc(CCN2CCNCC2)ccc1OC(C)C. The van der Waals surface area contributed by atoms with Crippen LogP contribution in [0, 0.1) is 0 Å². The molecule has 1 fully saturated rings. The highest BCUT2D eigenvalue weighted by atomic mass is 16.5. The van der Waals surface area contributed by atoms with E-state index in [9.17, 15) is 0 Å². The Kier molecular flexibility index (Phi) is 5.68. The Bertz CT molecular complexity index is 415. The summed E-state index contributed by atoms with van der Waals surface area (Å²) in [6.45, 7) is 9.65. The van der Waals surface area contributed by atoms with Crippen LogP contribution in [-0.4, -0.2) is 50.8 Å². The molecule has 0 aliphatic carbocycles. The maximum atomic E-state index is 5.74. The largest absolute Gasteiger partial charge is 0.493 e. The second kappa shape index (κ2) is 7.50. The van der Waals surface area contributed by atoms with E-state index in [1.54, 1.807) is 7.11 Å². The minimum absolute atomic E-state index is 0.163. The third-order valence-electron chi connectivity index (χ3n) is 3.52. The number of hydrogen-bond acceptors (Lipinski definition) is 4. The van der Waals surface area contributed by atoms with E-state index in [0.29, 0.717) is 0 Å². The highest BCUT2D eigenvalue weighted by molar-refractivity contribution is 5.43. The van der Waals surface area contributed by atoms with E-state index in [-0.39, 0.29) is 6.10 Å². The number of benzene rings is 1. The van der Waals surface area contributed by atoms with Gasteiger partial charge in [-0.3, -0.25) is 0 Å². The van der Waals surface area contributed by atoms with Crippen molar-refractivity contribution in [1.82, 2.24) is 10.2 Å². The van der Waals surface area contributed by atoms with Crippen LogP contribution in [0.15, 0.2) is 18.2 Å². The topological polar surface area (TPSA) is 33.7 Å². The Morgan fingerprint density at radius 2 is 1.95 bits per heavy atom. The summed E-state index contributed by atoms with van der Waals surface area (Å²) in [5.41, 5.74) is 1.30. The van der Waals surface area contributed by atoms with E-state index in [1.807, 2.05) is 19.9 Å². The zero-order valence-corrected chi connectivity index (χ0v) is 12.8. The van der Waals surface area contributed by atoms with Gasteiger partial charge in [0.25, 0.3) is 0 Å². The van der Waals surface area contributed by atoms with E-state index < -0.39 is 0 Å². The van der Waals surface area contributed by atoms with Crippen LogP contribution in [0.1, 0.15) is 19.4 Å². The molecule has 1 aliphatic heterocycles. The smallest absolute Gasteiger partial charge is 0.161 e. The second-order valence-corrected chi connectivity index (χ2v) is 5.49. The molecule has 4 heteroatoms. The molecule has 112 valence electrons. The molecule has 20 heavy (non-hydrogen) atoms. The summed E-state index contributed by atoms with van der Waals surface area (Å²) in [4.78, 5) is 2.50. The van der Waals surface area contributed by atoms with Crippen LogP contribution in [-0.2, 0) is 6.42 Å². The average Bonchev–Trinajstić information content (AvgIpc) is 2.46. The fraction of sp³-hybridized carbons (Fsp3) is 0.625. The maximum Gasteiger partial charge on any atom is 0.161 e. The number of nitrogens with one attached hydrogen (secondary N) is 1. The molecule has 0 unspecified atom stereocenters. The molecule has 0 amide bonds. The molecule has 0 radical (unpaired) electrons. The fourth-order valence-corrected chi connectivity index (χ4v) is 2.44. The molecule has 1 aromatic rings. The predicted molar refractivity (Wildman–Crippen MR) is 81.8 cm³/mol. The highest BCUT2D eigenvalue weighted by Gasteiger charge is 2.11. The van der Waals surface area contributed by atoms with Gasteiger partial charge in [-0.25, -0.2) is 0 Å². The van der Waals surface area contributed by atoms with Crippen LogP contribution >= 0.6 is 0 Å². The van der Waals surface area contributed by atoms with Crippen molar-refractivity contribution in [3.05, 3.63) is 23.8 Å². The van der Waals surface area contributed by atoms with Crippen LogP contribution < -0.4 is 14.8 Å². The van der Waals surface area contributed by atoms with Crippen molar-refractivity contribution >= 4 is 0 Å². The first-order valence-electron chi connectivity index (χ1n) is 7.45. The minimum atomic E-state index is 0.163. The van der Waals surface area contributed by atoms with Crippen molar-refractivity contribution < 1.29 is 9.47 Å². The molecule has 0 spiro atoms. The van der Waals surface area contributed by atoms with Crippen molar-refractivity contribution in [2.24, 2.45) is 0 Å².